The van der Waals surface area contributed by atoms with Gasteiger partial charge in [-0.2, -0.15) is 5.10 Å². The number of hydrogen-bond acceptors (Lipinski definition) is 5. The Hall–Kier alpha value is -2.14. The van der Waals surface area contributed by atoms with Gasteiger partial charge in [0.15, 0.2) is 11.0 Å². The van der Waals surface area contributed by atoms with E-state index >= 15 is 0 Å². The molecule has 1 aromatic carbocycles. The van der Waals surface area contributed by atoms with Crippen molar-refractivity contribution in [3.63, 3.8) is 0 Å². The Morgan fingerprint density at radius 3 is 2.53 bits per heavy atom. The first kappa shape index (κ1) is 11.3. The highest BCUT2D eigenvalue weighted by molar-refractivity contribution is 6.29. The van der Waals surface area contributed by atoms with Crippen molar-refractivity contribution in [2.24, 2.45) is 5.10 Å². The summed E-state index contributed by atoms with van der Waals surface area (Å²) < 4.78 is 0. The molecule has 0 atom stereocenters. The smallest absolute Gasteiger partial charge is 0.168 e. The average Bonchev–Trinajstić information content (AvgIpc) is 2.34. The molecular weight excluding hydrogens is 240 g/mol. The number of aromatic nitrogens is 2. The molecule has 1 aromatic heterocycles. The Bertz CT molecular complexity index is 510. The Balaban J connectivity index is 1.97. The van der Waals surface area contributed by atoms with Crippen molar-refractivity contribution in [1.82, 2.24) is 10.2 Å². The lowest BCUT2D eigenvalue weighted by molar-refractivity contribution is 0.475. The topological polar surface area (TPSA) is 70.4 Å². The summed E-state index contributed by atoms with van der Waals surface area (Å²) in [5.41, 5.74) is 3.57. The van der Waals surface area contributed by atoms with Gasteiger partial charge < -0.3 is 5.11 Å². The van der Waals surface area contributed by atoms with Crippen molar-refractivity contribution in [2.75, 3.05) is 5.43 Å². The van der Waals surface area contributed by atoms with Crippen LogP contribution in [0.1, 0.15) is 5.56 Å². The monoisotopic (exact) mass is 248 g/mol. The highest BCUT2D eigenvalue weighted by Gasteiger charge is 1.92. The molecule has 0 aliphatic rings. The van der Waals surface area contributed by atoms with Crippen LogP contribution in [-0.2, 0) is 0 Å². The Morgan fingerprint density at radius 1 is 1.12 bits per heavy atom. The molecule has 0 aliphatic heterocycles. The predicted octanol–water partition coefficient (Wildman–Crippen LogP) is 2.28. The SMILES string of the molecule is Oc1ccc(C=NNc2ccc(Cl)nn2)cc1. The molecule has 0 radical (unpaired) electrons. The molecule has 6 heteroatoms. The van der Waals surface area contributed by atoms with E-state index in [1.165, 1.54) is 0 Å². The second-order valence-electron chi connectivity index (χ2n) is 3.20. The first-order valence-electron chi connectivity index (χ1n) is 4.81. The standard InChI is InChI=1S/C11H9ClN4O/c12-10-5-6-11(16-14-10)15-13-7-8-1-3-9(17)4-2-8/h1-7,17H,(H,15,16). The molecule has 2 aromatic rings. The number of hydrazone groups is 1. The van der Waals surface area contributed by atoms with Crippen LogP contribution in [0.4, 0.5) is 5.82 Å². The molecule has 2 N–H and O–H groups in total. The third-order valence-electron chi connectivity index (χ3n) is 1.92. The van der Waals surface area contributed by atoms with Crippen LogP contribution in [0.25, 0.3) is 0 Å². The molecule has 0 spiro atoms. The number of phenolic OH excluding ortho intramolecular Hbond substituents is 1. The molecule has 0 amide bonds. The zero-order valence-corrected chi connectivity index (χ0v) is 9.46. The normalized spacial score (nSPS) is 10.6. The van der Waals surface area contributed by atoms with Crippen LogP contribution in [0.2, 0.25) is 5.15 Å². The maximum atomic E-state index is 9.10. The summed E-state index contributed by atoms with van der Waals surface area (Å²) in [4.78, 5) is 0. The fourth-order valence-corrected chi connectivity index (χ4v) is 1.21. The van der Waals surface area contributed by atoms with Crippen molar-refractivity contribution in [2.45, 2.75) is 0 Å². The molecule has 0 fully saturated rings. The number of halogens is 1. The predicted molar refractivity (Wildman–Crippen MR) is 66.4 cm³/mol. The van der Waals surface area contributed by atoms with E-state index in [1.807, 2.05) is 0 Å². The van der Waals surface area contributed by atoms with Gasteiger partial charge in [-0.25, -0.2) is 0 Å². The van der Waals surface area contributed by atoms with Crippen LogP contribution in [-0.4, -0.2) is 21.5 Å². The van der Waals surface area contributed by atoms with E-state index in [0.717, 1.165) is 5.56 Å². The van der Waals surface area contributed by atoms with Gasteiger partial charge in [-0.1, -0.05) is 11.6 Å². The molecule has 86 valence electrons. The van der Waals surface area contributed by atoms with Crippen LogP contribution < -0.4 is 5.43 Å². The lowest BCUT2D eigenvalue weighted by Crippen LogP contribution is -1.94. The van der Waals surface area contributed by atoms with Crippen molar-refractivity contribution in [1.29, 1.82) is 0 Å². The lowest BCUT2D eigenvalue weighted by Gasteiger charge is -1.97. The second-order valence-corrected chi connectivity index (χ2v) is 3.59. The lowest BCUT2D eigenvalue weighted by atomic mass is 10.2. The maximum Gasteiger partial charge on any atom is 0.168 e. The van der Waals surface area contributed by atoms with E-state index in [4.69, 9.17) is 16.7 Å². The van der Waals surface area contributed by atoms with Gasteiger partial charge in [-0.3, -0.25) is 5.43 Å². The van der Waals surface area contributed by atoms with E-state index in [-0.39, 0.29) is 5.75 Å². The van der Waals surface area contributed by atoms with E-state index in [0.29, 0.717) is 11.0 Å². The molecule has 0 unspecified atom stereocenters. The Kier molecular flexibility index (Phi) is 3.52. The zero-order chi connectivity index (χ0) is 12.1. The van der Waals surface area contributed by atoms with Gasteiger partial charge in [-0.15, -0.1) is 10.2 Å². The third kappa shape index (κ3) is 3.42. The molecule has 2 rings (SSSR count). The van der Waals surface area contributed by atoms with Crippen LogP contribution in [0.15, 0.2) is 41.5 Å². The van der Waals surface area contributed by atoms with Gasteiger partial charge in [0, 0.05) is 0 Å². The minimum absolute atomic E-state index is 0.221. The summed E-state index contributed by atoms with van der Waals surface area (Å²) in [5.74, 6) is 0.725. The van der Waals surface area contributed by atoms with Gasteiger partial charge in [0.05, 0.1) is 6.21 Å². The highest BCUT2D eigenvalue weighted by atomic mass is 35.5. The summed E-state index contributed by atoms with van der Waals surface area (Å²) in [6.45, 7) is 0. The first-order chi connectivity index (χ1) is 8.24. The number of aromatic hydroxyl groups is 1. The van der Waals surface area contributed by atoms with Crippen LogP contribution >= 0.6 is 11.6 Å². The fraction of sp³-hybridized carbons (Fsp3) is 0. The van der Waals surface area contributed by atoms with E-state index in [1.54, 1.807) is 42.6 Å². The van der Waals surface area contributed by atoms with Crippen molar-refractivity contribution < 1.29 is 5.11 Å². The number of anilines is 1. The minimum atomic E-state index is 0.221. The van der Waals surface area contributed by atoms with Crippen molar-refractivity contribution >= 4 is 23.6 Å². The molecule has 0 aliphatic carbocycles. The zero-order valence-electron chi connectivity index (χ0n) is 8.71. The Labute approximate surface area is 103 Å². The molecular formula is C11H9ClN4O. The Morgan fingerprint density at radius 2 is 1.88 bits per heavy atom. The van der Waals surface area contributed by atoms with E-state index in [2.05, 4.69) is 20.7 Å². The number of nitrogens with one attached hydrogen (secondary N) is 1. The minimum Gasteiger partial charge on any atom is -0.508 e. The van der Waals surface area contributed by atoms with Gasteiger partial charge in [-0.05, 0) is 42.0 Å². The van der Waals surface area contributed by atoms with Gasteiger partial charge in [0.1, 0.15) is 5.75 Å². The number of nitrogens with zero attached hydrogens (tertiary/aromatic N) is 3. The molecule has 1 heterocycles. The summed E-state index contributed by atoms with van der Waals surface area (Å²) >= 11 is 5.59. The van der Waals surface area contributed by atoms with Gasteiger partial charge >= 0.3 is 0 Å². The molecule has 0 bridgehead atoms. The first-order valence-corrected chi connectivity index (χ1v) is 5.19. The third-order valence-corrected chi connectivity index (χ3v) is 2.12. The summed E-state index contributed by atoms with van der Waals surface area (Å²) in [5, 5.41) is 20.8. The second kappa shape index (κ2) is 5.27. The average molecular weight is 249 g/mol. The maximum absolute atomic E-state index is 9.10. The van der Waals surface area contributed by atoms with Crippen LogP contribution in [0.5, 0.6) is 5.75 Å². The van der Waals surface area contributed by atoms with E-state index < -0.39 is 0 Å². The van der Waals surface area contributed by atoms with Crippen molar-refractivity contribution in [3.8, 4) is 5.75 Å². The summed E-state index contributed by atoms with van der Waals surface area (Å²) in [6.07, 6.45) is 1.61. The highest BCUT2D eigenvalue weighted by Crippen LogP contribution is 2.08. The molecule has 17 heavy (non-hydrogen) atoms. The number of hydrogen-bond donors (Lipinski definition) is 2. The largest absolute Gasteiger partial charge is 0.508 e. The molecule has 5 nitrogen and oxygen atoms in total. The number of phenols is 1. The van der Waals surface area contributed by atoms with Crippen molar-refractivity contribution in [3.05, 3.63) is 47.1 Å². The van der Waals surface area contributed by atoms with Gasteiger partial charge in [0.25, 0.3) is 0 Å². The van der Waals surface area contributed by atoms with Crippen LogP contribution in [0.3, 0.4) is 0 Å². The van der Waals surface area contributed by atoms with Crippen LogP contribution in [0, 0.1) is 0 Å². The number of rotatable bonds is 3. The molecule has 0 saturated carbocycles. The summed E-state index contributed by atoms with van der Waals surface area (Å²) in [6, 6.07) is 9.95. The van der Waals surface area contributed by atoms with Gasteiger partial charge in [0.2, 0.25) is 0 Å². The quantitative estimate of drug-likeness (QED) is 0.646. The molecule has 0 saturated heterocycles. The van der Waals surface area contributed by atoms with E-state index in [9.17, 15) is 0 Å². The number of benzene rings is 1. The fourth-order valence-electron chi connectivity index (χ4n) is 1.11. The summed E-state index contributed by atoms with van der Waals surface area (Å²) in [7, 11) is 0.